The summed E-state index contributed by atoms with van der Waals surface area (Å²) >= 11 is 0. The number of hydrogen-bond acceptors (Lipinski definition) is 0. The van der Waals surface area contributed by atoms with Crippen molar-refractivity contribution in [3.8, 4) is 0 Å². The molecular formula is C33H54K2. The quantitative estimate of drug-likeness (QED) is 0.342. The molecule has 2 heteroatoms. The van der Waals surface area contributed by atoms with Gasteiger partial charge in [-0.05, 0) is 117 Å². The summed E-state index contributed by atoms with van der Waals surface area (Å²) in [6, 6.07) is 0. The van der Waals surface area contributed by atoms with Crippen LogP contribution in [0.2, 0.25) is 0 Å². The molecule has 0 spiro atoms. The Morgan fingerprint density at radius 1 is 0.686 bits per heavy atom. The Balaban J connectivity index is -0.000000447. The average Bonchev–Trinajstić information content (AvgIpc) is 3.54. The van der Waals surface area contributed by atoms with Gasteiger partial charge in [0.25, 0.3) is 0 Å². The Morgan fingerprint density at radius 2 is 1.09 bits per heavy atom. The fourth-order valence-electron chi connectivity index (χ4n) is 5.49. The SMILES string of the molecule is CC1=C(C)C(C)=C(C)C1=CC1CCCC1.CC1CC(C)C(C)C1C.CC=C1C=CC=C1.[CH3-].[CH3-].[K+].[K+]. The van der Waals surface area contributed by atoms with E-state index in [9.17, 15) is 0 Å². The second-order valence-electron chi connectivity index (χ2n) is 10.5. The van der Waals surface area contributed by atoms with Crippen LogP contribution < -0.4 is 103 Å². The first-order valence-electron chi connectivity index (χ1n) is 12.8. The van der Waals surface area contributed by atoms with Crippen molar-refractivity contribution in [3.63, 3.8) is 0 Å². The van der Waals surface area contributed by atoms with E-state index in [1.54, 1.807) is 0 Å². The van der Waals surface area contributed by atoms with Crippen molar-refractivity contribution < 1.29 is 103 Å². The molecule has 4 aliphatic carbocycles. The normalized spacial score (nSPS) is 26.5. The largest absolute Gasteiger partial charge is 1.00 e. The van der Waals surface area contributed by atoms with E-state index in [1.807, 2.05) is 19.1 Å². The maximum atomic E-state index is 2.54. The van der Waals surface area contributed by atoms with Crippen molar-refractivity contribution in [1.29, 1.82) is 0 Å². The van der Waals surface area contributed by atoms with Crippen molar-refractivity contribution in [2.24, 2.45) is 29.6 Å². The van der Waals surface area contributed by atoms with E-state index in [4.69, 9.17) is 0 Å². The first-order chi connectivity index (χ1) is 14.7. The summed E-state index contributed by atoms with van der Waals surface area (Å²) in [4.78, 5) is 0. The molecule has 2 fully saturated rings. The Labute approximate surface area is 306 Å². The second-order valence-corrected chi connectivity index (χ2v) is 10.5. The average molecular weight is 529 g/mol. The number of hydrogen-bond donors (Lipinski definition) is 0. The van der Waals surface area contributed by atoms with Gasteiger partial charge in [0.05, 0.1) is 0 Å². The van der Waals surface area contributed by atoms with E-state index in [1.165, 1.54) is 65.5 Å². The summed E-state index contributed by atoms with van der Waals surface area (Å²) in [5.74, 6) is 4.70. The molecule has 35 heavy (non-hydrogen) atoms. The fraction of sp³-hybridized carbons (Fsp3) is 0.576. The molecule has 0 bridgehead atoms. The maximum absolute atomic E-state index is 2.54. The molecular weight excluding hydrogens is 475 g/mol. The van der Waals surface area contributed by atoms with Gasteiger partial charge in [-0.25, -0.2) is 0 Å². The van der Waals surface area contributed by atoms with Crippen LogP contribution in [0.25, 0.3) is 0 Å². The zero-order chi connectivity index (χ0) is 23.1. The zero-order valence-corrected chi connectivity index (χ0v) is 32.1. The van der Waals surface area contributed by atoms with Gasteiger partial charge in [-0.1, -0.05) is 77.0 Å². The van der Waals surface area contributed by atoms with Crippen molar-refractivity contribution >= 4 is 0 Å². The van der Waals surface area contributed by atoms with Crippen molar-refractivity contribution in [1.82, 2.24) is 0 Å². The van der Waals surface area contributed by atoms with Gasteiger partial charge in [-0.2, -0.15) is 0 Å². The van der Waals surface area contributed by atoms with E-state index in [-0.39, 0.29) is 118 Å². The van der Waals surface area contributed by atoms with E-state index >= 15 is 0 Å². The molecule has 0 saturated heterocycles. The topological polar surface area (TPSA) is 0 Å². The second kappa shape index (κ2) is 20.6. The molecule has 4 rings (SSSR count). The third-order valence-corrected chi connectivity index (χ3v) is 8.69. The van der Waals surface area contributed by atoms with Crippen LogP contribution in [0.1, 0.15) is 94.4 Å². The van der Waals surface area contributed by atoms with Crippen molar-refractivity contribution in [2.45, 2.75) is 94.4 Å². The molecule has 0 heterocycles. The van der Waals surface area contributed by atoms with Gasteiger partial charge in [0, 0.05) is 0 Å². The molecule has 4 unspecified atom stereocenters. The number of allylic oxidation sites excluding steroid dienone is 12. The van der Waals surface area contributed by atoms with Crippen LogP contribution in [0.5, 0.6) is 0 Å². The Hall–Kier alpha value is 1.71. The molecule has 2 saturated carbocycles. The minimum Gasteiger partial charge on any atom is -0.358 e. The van der Waals surface area contributed by atoms with Crippen molar-refractivity contribution in [3.05, 3.63) is 84.7 Å². The van der Waals surface area contributed by atoms with Gasteiger partial charge < -0.3 is 14.9 Å². The van der Waals surface area contributed by atoms with Crippen LogP contribution >= 0.6 is 0 Å². The number of rotatable bonds is 1. The molecule has 0 aliphatic heterocycles. The first-order valence-corrected chi connectivity index (χ1v) is 12.8. The van der Waals surface area contributed by atoms with Gasteiger partial charge in [0.1, 0.15) is 0 Å². The third kappa shape index (κ3) is 12.2. The van der Waals surface area contributed by atoms with E-state index in [0.717, 1.165) is 29.6 Å². The first kappa shape index (κ1) is 41.2. The maximum Gasteiger partial charge on any atom is 1.00 e. The molecule has 0 nitrogen and oxygen atoms in total. The fourth-order valence-corrected chi connectivity index (χ4v) is 5.49. The van der Waals surface area contributed by atoms with Crippen LogP contribution in [-0.2, 0) is 0 Å². The summed E-state index contributed by atoms with van der Waals surface area (Å²) < 4.78 is 0. The monoisotopic (exact) mass is 528 g/mol. The molecule has 4 atom stereocenters. The van der Waals surface area contributed by atoms with Crippen LogP contribution in [0.3, 0.4) is 0 Å². The molecule has 0 aromatic rings. The van der Waals surface area contributed by atoms with Crippen LogP contribution in [0, 0.1) is 44.4 Å². The van der Waals surface area contributed by atoms with Crippen LogP contribution in [0.15, 0.2) is 69.9 Å². The Kier molecular flexibility index (Phi) is 24.2. The summed E-state index contributed by atoms with van der Waals surface area (Å²) in [5, 5.41) is 0. The van der Waals surface area contributed by atoms with Crippen molar-refractivity contribution in [2.75, 3.05) is 0 Å². The van der Waals surface area contributed by atoms with Gasteiger partial charge in [0.2, 0.25) is 0 Å². The molecule has 188 valence electrons. The van der Waals surface area contributed by atoms with Gasteiger partial charge in [0.15, 0.2) is 0 Å². The minimum atomic E-state index is 0. The van der Waals surface area contributed by atoms with Crippen LogP contribution in [-0.4, -0.2) is 0 Å². The molecule has 0 aromatic heterocycles. The minimum absolute atomic E-state index is 0. The predicted molar refractivity (Wildman–Crippen MR) is 153 cm³/mol. The Bertz CT molecular complexity index is 745. The van der Waals surface area contributed by atoms with E-state index in [2.05, 4.69) is 79.7 Å². The van der Waals surface area contributed by atoms with Gasteiger partial charge in [-0.3, -0.25) is 0 Å². The molecule has 0 N–H and O–H groups in total. The van der Waals surface area contributed by atoms with Crippen LogP contribution in [0.4, 0.5) is 0 Å². The summed E-state index contributed by atoms with van der Waals surface area (Å²) in [5.41, 5.74) is 8.86. The van der Waals surface area contributed by atoms with E-state index in [0.29, 0.717) is 0 Å². The third-order valence-electron chi connectivity index (χ3n) is 8.69. The molecule has 4 aliphatic rings. The smallest absolute Gasteiger partial charge is 0.358 e. The zero-order valence-electron chi connectivity index (χ0n) is 25.9. The standard InChI is InChI=1S/C15H22.C9H18.C7H8.2CH3.2K/c1-10-11(2)13(4)15(12(10)3)9-14-7-5-6-8-14;1-6-5-7(2)9(4)8(6)3;1-2-7-5-3-4-6-7;;;;/h9,14H,5-8H2,1-4H3;6-9H,5H2,1-4H3;2-6H,1H3;2*1H3;;/q;;;2*-1;2*+1. The molecule has 0 aromatic carbocycles. The summed E-state index contributed by atoms with van der Waals surface area (Å²) in [7, 11) is 0. The molecule has 0 amide bonds. The van der Waals surface area contributed by atoms with Gasteiger partial charge in [-0.15, -0.1) is 0 Å². The predicted octanol–water partition coefficient (Wildman–Crippen LogP) is 4.69. The molecule has 0 radical (unpaired) electrons. The summed E-state index contributed by atoms with van der Waals surface area (Å²) in [6.45, 7) is 20.6. The Morgan fingerprint density at radius 3 is 1.37 bits per heavy atom. The summed E-state index contributed by atoms with van der Waals surface area (Å²) in [6.07, 6.45) is 20.0. The van der Waals surface area contributed by atoms with E-state index < -0.39 is 0 Å². The van der Waals surface area contributed by atoms with Gasteiger partial charge >= 0.3 is 103 Å².